The van der Waals surface area contributed by atoms with Gasteiger partial charge in [-0.1, -0.05) is 42.5 Å². The lowest BCUT2D eigenvalue weighted by Gasteiger charge is -2.21. The van der Waals surface area contributed by atoms with Gasteiger partial charge in [0, 0.05) is 17.8 Å². The molecule has 0 aromatic heterocycles. The van der Waals surface area contributed by atoms with E-state index in [1.165, 1.54) is 0 Å². The summed E-state index contributed by atoms with van der Waals surface area (Å²) in [6, 6.07) is 20.4. The molecule has 0 saturated carbocycles. The topological polar surface area (TPSA) is 24.1 Å². The van der Waals surface area contributed by atoms with Gasteiger partial charge in [0.15, 0.2) is 0 Å². The highest BCUT2D eigenvalue weighted by molar-refractivity contribution is 5.49. The number of hydrogen-bond donors (Lipinski definition) is 2. The summed E-state index contributed by atoms with van der Waals surface area (Å²) in [6.45, 7) is 3.80. The molecule has 18 heavy (non-hydrogen) atoms. The fourth-order valence-electron chi connectivity index (χ4n) is 1.79. The molecule has 0 unspecified atom stereocenters. The summed E-state index contributed by atoms with van der Waals surface area (Å²) >= 11 is 0. The predicted octanol–water partition coefficient (Wildman–Crippen LogP) is 4.11. The molecule has 0 radical (unpaired) electrons. The summed E-state index contributed by atoms with van der Waals surface area (Å²) in [5.74, 6) is 0. The van der Waals surface area contributed by atoms with Gasteiger partial charge >= 0.3 is 0 Å². The molecule has 0 bridgehead atoms. The van der Waals surface area contributed by atoms with E-state index in [0.29, 0.717) is 0 Å². The van der Waals surface area contributed by atoms with Crippen molar-refractivity contribution in [2.45, 2.75) is 12.6 Å². The number of rotatable bonds is 6. The second kappa shape index (κ2) is 6.50. The van der Waals surface area contributed by atoms with Crippen molar-refractivity contribution in [1.29, 1.82) is 0 Å². The fraction of sp³-hybridized carbons (Fsp3) is 0.125. The normalized spacial score (nSPS) is 10.1. The molecule has 2 aromatic carbocycles. The van der Waals surface area contributed by atoms with Gasteiger partial charge in [0.25, 0.3) is 0 Å². The largest absolute Gasteiger partial charge is 0.365 e. The third kappa shape index (κ3) is 3.67. The molecule has 0 spiro atoms. The van der Waals surface area contributed by atoms with Crippen LogP contribution in [0.5, 0.6) is 0 Å². The van der Waals surface area contributed by atoms with Crippen LogP contribution in [0.3, 0.4) is 0 Å². The Morgan fingerprint density at radius 2 is 1.28 bits per heavy atom. The van der Waals surface area contributed by atoms with Gasteiger partial charge in [-0.25, -0.2) is 0 Å². The number of nitrogens with one attached hydrogen (secondary N) is 2. The van der Waals surface area contributed by atoms with Crippen LogP contribution in [0.2, 0.25) is 0 Å². The average Bonchev–Trinajstić information content (AvgIpc) is 2.41. The summed E-state index contributed by atoms with van der Waals surface area (Å²) in [4.78, 5) is 0. The average molecular weight is 238 g/mol. The Balaban J connectivity index is 2.02. The van der Waals surface area contributed by atoms with E-state index in [1.807, 2.05) is 42.5 Å². The zero-order valence-corrected chi connectivity index (χ0v) is 10.3. The van der Waals surface area contributed by atoms with Crippen LogP contribution in [0.1, 0.15) is 6.42 Å². The molecule has 2 aromatic rings. The van der Waals surface area contributed by atoms with Crippen LogP contribution in [0, 0.1) is 0 Å². The molecule has 2 rings (SSSR count). The molecule has 0 fully saturated rings. The van der Waals surface area contributed by atoms with E-state index in [-0.39, 0.29) is 6.17 Å². The molecule has 2 nitrogen and oxygen atoms in total. The zero-order valence-electron chi connectivity index (χ0n) is 10.3. The van der Waals surface area contributed by atoms with Crippen molar-refractivity contribution in [2.75, 3.05) is 10.6 Å². The summed E-state index contributed by atoms with van der Waals surface area (Å²) in [5.41, 5.74) is 2.21. The van der Waals surface area contributed by atoms with Crippen molar-refractivity contribution in [3.05, 3.63) is 73.3 Å². The van der Waals surface area contributed by atoms with Crippen LogP contribution < -0.4 is 10.6 Å². The number of anilines is 2. The number of para-hydroxylation sites is 2. The minimum atomic E-state index is 0.146. The lowest BCUT2D eigenvalue weighted by molar-refractivity contribution is 0.830. The first-order valence-electron chi connectivity index (χ1n) is 6.12. The Morgan fingerprint density at radius 3 is 1.67 bits per heavy atom. The minimum absolute atomic E-state index is 0.146. The molecular weight excluding hydrogens is 220 g/mol. The monoisotopic (exact) mass is 238 g/mol. The van der Waals surface area contributed by atoms with Gasteiger partial charge in [0.05, 0.1) is 6.17 Å². The lowest BCUT2D eigenvalue weighted by Crippen LogP contribution is -2.27. The molecule has 0 aliphatic carbocycles. The molecule has 0 amide bonds. The first-order chi connectivity index (χ1) is 8.88. The Hall–Kier alpha value is -2.22. The van der Waals surface area contributed by atoms with Crippen LogP contribution in [0.25, 0.3) is 0 Å². The van der Waals surface area contributed by atoms with E-state index in [4.69, 9.17) is 0 Å². The Labute approximate surface area is 108 Å². The Kier molecular flexibility index (Phi) is 4.42. The van der Waals surface area contributed by atoms with Gasteiger partial charge in [0.2, 0.25) is 0 Å². The standard InChI is InChI=1S/C16H18N2/c1-2-9-16(17-14-10-5-3-6-11-14)18-15-12-7-4-8-13-15/h2-8,10-13,16-18H,1,9H2. The van der Waals surface area contributed by atoms with E-state index in [2.05, 4.69) is 41.5 Å². The molecule has 0 saturated heterocycles. The summed E-state index contributed by atoms with van der Waals surface area (Å²) in [5, 5.41) is 6.89. The van der Waals surface area contributed by atoms with Crippen molar-refractivity contribution in [3.8, 4) is 0 Å². The quantitative estimate of drug-likeness (QED) is 0.584. The van der Waals surface area contributed by atoms with Gasteiger partial charge < -0.3 is 10.6 Å². The fourth-order valence-corrected chi connectivity index (χ4v) is 1.79. The van der Waals surface area contributed by atoms with Gasteiger partial charge in [-0.05, 0) is 24.3 Å². The summed E-state index contributed by atoms with van der Waals surface area (Å²) < 4.78 is 0. The van der Waals surface area contributed by atoms with Crippen LogP contribution in [0.15, 0.2) is 73.3 Å². The number of hydrogen-bond acceptors (Lipinski definition) is 2. The number of benzene rings is 2. The maximum Gasteiger partial charge on any atom is 0.0998 e. The van der Waals surface area contributed by atoms with Crippen molar-refractivity contribution < 1.29 is 0 Å². The highest BCUT2D eigenvalue weighted by atomic mass is 15.1. The molecule has 2 heteroatoms. The predicted molar refractivity (Wildman–Crippen MR) is 78.7 cm³/mol. The zero-order chi connectivity index (χ0) is 12.6. The Bertz CT molecular complexity index is 423. The van der Waals surface area contributed by atoms with Crippen molar-refractivity contribution in [3.63, 3.8) is 0 Å². The van der Waals surface area contributed by atoms with Gasteiger partial charge in [-0.15, -0.1) is 6.58 Å². The first kappa shape index (κ1) is 12.2. The molecule has 0 heterocycles. The van der Waals surface area contributed by atoms with Crippen molar-refractivity contribution >= 4 is 11.4 Å². The van der Waals surface area contributed by atoms with Gasteiger partial charge in [0.1, 0.15) is 0 Å². The smallest absolute Gasteiger partial charge is 0.0998 e. The van der Waals surface area contributed by atoms with E-state index < -0.39 is 0 Å². The molecule has 0 atom stereocenters. The maximum atomic E-state index is 3.80. The third-order valence-electron chi connectivity index (χ3n) is 2.63. The van der Waals surface area contributed by atoms with Gasteiger partial charge in [-0.3, -0.25) is 0 Å². The third-order valence-corrected chi connectivity index (χ3v) is 2.63. The van der Waals surface area contributed by atoms with Crippen molar-refractivity contribution in [2.24, 2.45) is 0 Å². The lowest BCUT2D eigenvalue weighted by atomic mass is 10.2. The molecule has 0 aliphatic heterocycles. The van der Waals surface area contributed by atoms with Crippen molar-refractivity contribution in [1.82, 2.24) is 0 Å². The molecule has 92 valence electrons. The van der Waals surface area contributed by atoms with E-state index in [9.17, 15) is 0 Å². The molecular formula is C16H18N2. The summed E-state index contributed by atoms with van der Waals surface area (Å²) in [7, 11) is 0. The molecule has 2 N–H and O–H groups in total. The van der Waals surface area contributed by atoms with E-state index >= 15 is 0 Å². The van der Waals surface area contributed by atoms with Crippen LogP contribution in [-0.4, -0.2) is 6.17 Å². The molecule has 0 aliphatic rings. The maximum absolute atomic E-state index is 3.80. The highest BCUT2D eigenvalue weighted by Gasteiger charge is 2.05. The van der Waals surface area contributed by atoms with Crippen LogP contribution in [-0.2, 0) is 0 Å². The Morgan fingerprint density at radius 1 is 0.833 bits per heavy atom. The van der Waals surface area contributed by atoms with Gasteiger partial charge in [-0.2, -0.15) is 0 Å². The second-order valence-corrected chi connectivity index (χ2v) is 4.10. The minimum Gasteiger partial charge on any atom is -0.365 e. The van der Waals surface area contributed by atoms with E-state index in [1.54, 1.807) is 0 Å². The highest BCUT2D eigenvalue weighted by Crippen LogP contribution is 2.13. The SMILES string of the molecule is C=CCC(Nc1ccccc1)Nc1ccccc1. The van der Waals surface area contributed by atoms with Crippen LogP contribution >= 0.6 is 0 Å². The summed E-state index contributed by atoms with van der Waals surface area (Å²) in [6.07, 6.45) is 2.91. The van der Waals surface area contributed by atoms with Crippen LogP contribution in [0.4, 0.5) is 11.4 Å². The first-order valence-corrected chi connectivity index (χ1v) is 6.12. The second-order valence-electron chi connectivity index (χ2n) is 4.10. The van der Waals surface area contributed by atoms with E-state index in [0.717, 1.165) is 17.8 Å².